The Kier molecular flexibility index (Phi) is 8.75. The number of hydrogen-bond donors (Lipinski definition) is 1. The van der Waals surface area contributed by atoms with Crippen LogP contribution in [0.1, 0.15) is 35.2 Å². The second-order valence-corrected chi connectivity index (χ2v) is 10.4. The monoisotopic (exact) mass is 559 g/mol. The van der Waals surface area contributed by atoms with Gasteiger partial charge in [-0.3, -0.25) is 20.2 Å². The summed E-state index contributed by atoms with van der Waals surface area (Å²) in [4.78, 5) is 30.6. The number of nitrogens with one attached hydrogen (secondary N) is 1. The number of nitro benzene ring substituents is 1. The van der Waals surface area contributed by atoms with Gasteiger partial charge in [0.05, 0.1) is 4.92 Å². The molecule has 0 spiro atoms. The van der Waals surface area contributed by atoms with Crippen molar-refractivity contribution in [3.05, 3.63) is 94.0 Å². The van der Waals surface area contributed by atoms with Gasteiger partial charge in [0.2, 0.25) is 0 Å². The first-order chi connectivity index (χ1) is 19.5. The summed E-state index contributed by atoms with van der Waals surface area (Å²) in [5.41, 5.74) is 3.34. The van der Waals surface area contributed by atoms with Crippen molar-refractivity contribution < 1.29 is 14.5 Å². The third-order valence-corrected chi connectivity index (χ3v) is 7.71. The normalized spacial score (nSPS) is 15.4. The quantitative estimate of drug-likeness (QED) is 0.246. The minimum absolute atomic E-state index is 0.155. The average Bonchev–Trinajstić information content (AvgIpc) is 3.01. The van der Waals surface area contributed by atoms with E-state index in [2.05, 4.69) is 15.1 Å². The molecule has 208 valence electrons. The Morgan fingerprint density at radius 3 is 2.35 bits per heavy atom. The summed E-state index contributed by atoms with van der Waals surface area (Å²) in [5.74, 6) is 0.335. The third-order valence-electron chi connectivity index (χ3n) is 7.35. The van der Waals surface area contributed by atoms with Crippen molar-refractivity contribution in [1.29, 1.82) is 0 Å². The van der Waals surface area contributed by atoms with Crippen molar-refractivity contribution in [3.8, 4) is 5.75 Å². The van der Waals surface area contributed by atoms with Crippen LogP contribution in [0.15, 0.2) is 72.8 Å². The molecule has 0 unspecified atom stereocenters. The highest BCUT2D eigenvalue weighted by molar-refractivity contribution is 7.80. The molecule has 0 saturated carbocycles. The van der Waals surface area contributed by atoms with Gasteiger partial charge in [-0.1, -0.05) is 36.4 Å². The molecule has 0 aliphatic carbocycles. The van der Waals surface area contributed by atoms with Gasteiger partial charge in [0, 0.05) is 56.6 Å². The lowest BCUT2D eigenvalue weighted by Crippen LogP contribution is -2.52. The van der Waals surface area contributed by atoms with Crippen LogP contribution in [0.5, 0.6) is 5.75 Å². The van der Waals surface area contributed by atoms with Gasteiger partial charge in [-0.2, -0.15) is 0 Å². The molecular weight excluding hydrogens is 526 g/mol. The average molecular weight is 560 g/mol. The summed E-state index contributed by atoms with van der Waals surface area (Å²) in [6.07, 6.45) is 3.26. The highest BCUT2D eigenvalue weighted by atomic mass is 32.1. The molecule has 0 aromatic heterocycles. The van der Waals surface area contributed by atoms with Crippen LogP contribution in [0.25, 0.3) is 0 Å². The molecule has 2 heterocycles. The van der Waals surface area contributed by atoms with Gasteiger partial charge in [-0.15, -0.1) is 0 Å². The lowest BCUT2D eigenvalue weighted by atomic mass is 10.1. The number of benzene rings is 3. The highest BCUT2D eigenvalue weighted by Gasteiger charge is 2.25. The standard InChI is InChI=1S/C30H33N5O4S/c36-29(24-10-7-11-26(20-24)39-22-23-8-3-1-4-9-23)31-30(40)34-18-16-32(17-19-34)25-12-13-27(35(37)38)28(21-25)33-14-5-2-6-15-33/h1,3-4,7-13,20-21H,2,5-6,14-19,22H2,(H,31,36,40). The first kappa shape index (κ1) is 27.4. The number of nitrogens with zero attached hydrogens (tertiary/aromatic N) is 4. The van der Waals surface area contributed by atoms with Crippen molar-refractivity contribution in [2.24, 2.45) is 0 Å². The van der Waals surface area contributed by atoms with Gasteiger partial charge >= 0.3 is 0 Å². The molecule has 1 N–H and O–H groups in total. The van der Waals surface area contributed by atoms with E-state index < -0.39 is 0 Å². The van der Waals surface area contributed by atoms with Crippen molar-refractivity contribution in [2.45, 2.75) is 25.9 Å². The third kappa shape index (κ3) is 6.69. The van der Waals surface area contributed by atoms with E-state index in [9.17, 15) is 14.9 Å². The number of anilines is 2. The summed E-state index contributed by atoms with van der Waals surface area (Å²) in [5, 5.41) is 14.9. The topological polar surface area (TPSA) is 91.2 Å². The number of hydrogen-bond acceptors (Lipinski definition) is 7. The Balaban J connectivity index is 1.16. The minimum Gasteiger partial charge on any atom is -0.489 e. The van der Waals surface area contributed by atoms with Crippen LogP contribution in [0.3, 0.4) is 0 Å². The molecule has 2 aliphatic heterocycles. The molecule has 1 amide bonds. The lowest BCUT2D eigenvalue weighted by molar-refractivity contribution is -0.384. The Bertz CT molecular complexity index is 1360. The number of piperidine rings is 1. The fourth-order valence-electron chi connectivity index (χ4n) is 5.14. The van der Waals surface area contributed by atoms with Crippen LogP contribution in [0.2, 0.25) is 0 Å². The molecular formula is C30H33N5O4S. The number of piperazine rings is 1. The van der Waals surface area contributed by atoms with Gasteiger partial charge in [-0.25, -0.2) is 0 Å². The molecule has 2 aliphatic rings. The van der Waals surface area contributed by atoms with Crippen LogP contribution in [-0.2, 0) is 6.61 Å². The van der Waals surface area contributed by atoms with E-state index in [-0.39, 0.29) is 16.5 Å². The number of nitro groups is 1. The number of ether oxygens (including phenoxy) is 1. The second-order valence-electron chi connectivity index (χ2n) is 10.0. The molecule has 2 fully saturated rings. The van der Waals surface area contributed by atoms with Gasteiger partial charge in [0.1, 0.15) is 18.0 Å². The summed E-state index contributed by atoms with van der Waals surface area (Å²) in [6.45, 7) is 4.75. The number of thiocarbonyl (C=S) groups is 1. The van der Waals surface area contributed by atoms with Gasteiger partial charge in [0.25, 0.3) is 11.6 Å². The van der Waals surface area contributed by atoms with Gasteiger partial charge in [-0.05, 0) is 67.4 Å². The predicted octanol–water partition coefficient (Wildman–Crippen LogP) is 5.00. The van der Waals surface area contributed by atoms with Gasteiger partial charge < -0.3 is 19.4 Å². The summed E-state index contributed by atoms with van der Waals surface area (Å²) in [6, 6.07) is 22.3. The molecule has 40 heavy (non-hydrogen) atoms. The molecule has 5 rings (SSSR count). The molecule has 2 saturated heterocycles. The van der Waals surface area contributed by atoms with E-state index in [0.29, 0.717) is 54.9 Å². The maximum absolute atomic E-state index is 12.9. The van der Waals surface area contributed by atoms with Crippen molar-refractivity contribution in [3.63, 3.8) is 0 Å². The van der Waals surface area contributed by atoms with Crippen molar-refractivity contribution in [2.75, 3.05) is 49.1 Å². The predicted molar refractivity (Wildman–Crippen MR) is 160 cm³/mol. The molecule has 3 aromatic carbocycles. The van der Waals surface area contributed by atoms with Crippen molar-refractivity contribution in [1.82, 2.24) is 10.2 Å². The summed E-state index contributed by atoms with van der Waals surface area (Å²) >= 11 is 5.57. The van der Waals surface area contributed by atoms with Crippen LogP contribution in [-0.4, -0.2) is 60.1 Å². The molecule has 9 nitrogen and oxygen atoms in total. The maximum Gasteiger partial charge on any atom is 0.292 e. The van der Waals surface area contributed by atoms with E-state index in [1.165, 1.54) is 0 Å². The molecule has 3 aromatic rings. The molecule has 0 atom stereocenters. The first-order valence-corrected chi connectivity index (χ1v) is 14.0. The van der Waals surface area contributed by atoms with Crippen molar-refractivity contribution >= 4 is 40.3 Å². The highest BCUT2D eigenvalue weighted by Crippen LogP contribution is 2.34. The smallest absolute Gasteiger partial charge is 0.292 e. The molecule has 0 bridgehead atoms. The van der Waals surface area contributed by atoms with E-state index in [4.69, 9.17) is 17.0 Å². The Morgan fingerprint density at radius 1 is 0.875 bits per heavy atom. The molecule has 10 heteroatoms. The Hall–Kier alpha value is -4.18. The lowest BCUT2D eigenvalue weighted by Gasteiger charge is -2.37. The van der Waals surface area contributed by atoms with Gasteiger partial charge in [0.15, 0.2) is 5.11 Å². The van der Waals surface area contributed by atoms with Crippen LogP contribution >= 0.6 is 12.2 Å². The SMILES string of the molecule is O=C(NC(=S)N1CCN(c2ccc([N+](=O)[O-])c(N3CCCCC3)c2)CC1)c1cccc(OCc2ccccc2)c1. The Morgan fingerprint density at radius 2 is 1.62 bits per heavy atom. The second kappa shape index (κ2) is 12.8. The molecule has 0 radical (unpaired) electrons. The number of rotatable bonds is 7. The fraction of sp³-hybridized carbons (Fsp3) is 0.333. The Labute approximate surface area is 239 Å². The van der Waals surface area contributed by atoms with E-state index in [1.54, 1.807) is 24.3 Å². The van der Waals surface area contributed by atoms with E-state index in [0.717, 1.165) is 43.6 Å². The number of carbonyl (C=O) groups is 1. The maximum atomic E-state index is 12.9. The largest absolute Gasteiger partial charge is 0.489 e. The minimum atomic E-state index is -0.294. The van der Waals surface area contributed by atoms with Crippen LogP contribution in [0.4, 0.5) is 17.1 Å². The summed E-state index contributed by atoms with van der Waals surface area (Å²) < 4.78 is 5.86. The van der Waals surface area contributed by atoms with Crippen LogP contribution in [0, 0.1) is 10.1 Å². The fourth-order valence-corrected chi connectivity index (χ4v) is 5.41. The van der Waals surface area contributed by atoms with E-state index in [1.807, 2.05) is 53.4 Å². The van der Waals surface area contributed by atoms with E-state index >= 15 is 0 Å². The zero-order valence-electron chi connectivity index (χ0n) is 22.3. The summed E-state index contributed by atoms with van der Waals surface area (Å²) in [7, 11) is 0. The first-order valence-electron chi connectivity index (χ1n) is 13.6. The van der Waals surface area contributed by atoms with Crippen LogP contribution < -0.4 is 19.9 Å². The number of carbonyl (C=O) groups excluding carboxylic acids is 1. The number of amides is 1. The zero-order chi connectivity index (χ0) is 27.9. The zero-order valence-corrected chi connectivity index (χ0v) is 23.1.